The minimum Gasteiger partial charge on any atom is -0.353 e. The maximum Gasteiger partial charge on any atom is 0.417 e. The van der Waals surface area contributed by atoms with Crippen LogP contribution < -0.4 is 10.2 Å². The molecule has 1 atom stereocenters. The fourth-order valence-corrected chi connectivity index (χ4v) is 2.51. The highest BCUT2D eigenvalue weighted by Gasteiger charge is 2.33. The second-order valence-corrected chi connectivity index (χ2v) is 5.21. The molecule has 0 radical (unpaired) electrons. The number of carbonyl (C=O) groups excluding carboxylic acids is 1. The molecule has 118 valence electrons. The molecule has 0 saturated carbocycles. The van der Waals surface area contributed by atoms with Crippen LogP contribution in [0, 0.1) is 11.8 Å². The Morgan fingerprint density at radius 2 is 2.27 bits per heavy atom. The summed E-state index contributed by atoms with van der Waals surface area (Å²) in [5.41, 5.74) is -0.886. The Hall–Kier alpha value is -1.94. The highest BCUT2D eigenvalue weighted by Crippen LogP contribution is 2.34. The van der Waals surface area contributed by atoms with Crippen LogP contribution in [0.2, 0.25) is 5.02 Å². The van der Waals surface area contributed by atoms with Crippen molar-refractivity contribution in [2.75, 3.05) is 18.0 Å². The number of halogens is 4. The lowest BCUT2D eigenvalue weighted by atomic mass is 10.2. The van der Waals surface area contributed by atoms with Crippen LogP contribution in [0.3, 0.4) is 0 Å². The summed E-state index contributed by atoms with van der Waals surface area (Å²) in [6, 6.07) is 0.728. The zero-order valence-corrected chi connectivity index (χ0v) is 12.4. The molecule has 0 aliphatic carbocycles. The molecule has 1 saturated heterocycles. The number of amides is 1. The van der Waals surface area contributed by atoms with E-state index < -0.39 is 11.7 Å². The van der Waals surface area contributed by atoms with E-state index >= 15 is 0 Å². The minimum absolute atomic E-state index is 0.0600. The maximum absolute atomic E-state index is 12.6. The number of nitrogens with one attached hydrogen (secondary N) is 1. The fourth-order valence-electron chi connectivity index (χ4n) is 2.22. The normalized spacial score (nSPS) is 17.9. The number of rotatable bonds is 2. The average Bonchev–Trinajstić information content (AvgIpc) is 2.86. The lowest BCUT2D eigenvalue weighted by molar-refractivity contribution is -0.137. The number of aromatic nitrogens is 1. The number of carbonyl (C=O) groups is 1. The number of alkyl halides is 3. The van der Waals surface area contributed by atoms with E-state index in [1.54, 1.807) is 11.8 Å². The van der Waals surface area contributed by atoms with Crippen molar-refractivity contribution < 1.29 is 18.0 Å². The van der Waals surface area contributed by atoms with Crippen LogP contribution in [-0.4, -0.2) is 30.0 Å². The third-order valence-electron chi connectivity index (χ3n) is 3.21. The Kier molecular flexibility index (Phi) is 4.81. The van der Waals surface area contributed by atoms with Gasteiger partial charge in [0.2, 0.25) is 0 Å². The average molecular weight is 332 g/mol. The Labute approximate surface area is 130 Å². The first-order valence-electron chi connectivity index (χ1n) is 6.52. The van der Waals surface area contributed by atoms with Gasteiger partial charge in [-0.3, -0.25) is 4.79 Å². The lowest BCUT2D eigenvalue weighted by Crippen LogP contribution is -2.36. The van der Waals surface area contributed by atoms with E-state index in [9.17, 15) is 18.0 Å². The van der Waals surface area contributed by atoms with Crippen molar-refractivity contribution in [2.24, 2.45) is 0 Å². The number of pyridine rings is 1. The molecule has 0 unspecified atom stereocenters. The van der Waals surface area contributed by atoms with Gasteiger partial charge in [-0.15, -0.1) is 0 Å². The highest BCUT2D eigenvalue weighted by atomic mass is 35.5. The number of anilines is 1. The zero-order valence-electron chi connectivity index (χ0n) is 11.7. The van der Waals surface area contributed by atoms with Crippen LogP contribution in [-0.2, 0) is 11.0 Å². The number of hydrogen-bond acceptors (Lipinski definition) is 3. The van der Waals surface area contributed by atoms with Crippen molar-refractivity contribution in [2.45, 2.75) is 25.6 Å². The molecule has 2 rings (SSSR count). The molecule has 0 spiro atoms. The van der Waals surface area contributed by atoms with Gasteiger partial charge in [-0.05, 0) is 25.3 Å². The van der Waals surface area contributed by atoms with E-state index in [0.29, 0.717) is 19.5 Å². The Balaban J connectivity index is 2.07. The molecule has 1 aromatic heterocycles. The van der Waals surface area contributed by atoms with Crippen molar-refractivity contribution in [1.29, 1.82) is 0 Å². The first-order valence-corrected chi connectivity index (χ1v) is 6.90. The van der Waals surface area contributed by atoms with E-state index in [2.05, 4.69) is 22.1 Å². The maximum atomic E-state index is 12.6. The lowest BCUT2D eigenvalue weighted by Gasteiger charge is -2.19. The smallest absolute Gasteiger partial charge is 0.353 e. The number of nitrogens with zero attached hydrogens (tertiary/aromatic N) is 2. The zero-order chi connectivity index (χ0) is 16.3. The van der Waals surface area contributed by atoms with Gasteiger partial charge in [0.1, 0.15) is 5.82 Å². The van der Waals surface area contributed by atoms with Gasteiger partial charge in [0.25, 0.3) is 5.91 Å². The molecule has 8 heteroatoms. The molecule has 0 bridgehead atoms. The summed E-state index contributed by atoms with van der Waals surface area (Å²) >= 11 is 5.90. The third kappa shape index (κ3) is 3.83. The molecule has 22 heavy (non-hydrogen) atoms. The molecule has 0 aromatic carbocycles. The van der Waals surface area contributed by atoms with E-state index in [1.807, 2.05) is 0 Å². The van der Waals surface area contributed by atoms with Crippen LogP contribution in [0.25, 0.3) is 0 Å². The molecule has 1 amide bonds. The third-order valence-corrected chi connectivity index (χ3v) is 3.49. The van der Waals surface area contributed by atoms with E-state index in [0.717, 1.165) is 12.3 Å². The molecule has 1 aromatic rings. The van der Waals surface area contributed by atoms with Crippen molar-refractivity contribution >= 4 is 23.3 Å². The second kappa shape index (κ2) is 6.44. The summed E-state index contributed by atoms with van der Waals surface area (Å²) in [5, 5.41) is 2.67. The molecule has 1 fully saturated rings. The van der Waals surface area contributed by atoms with Crippen LogP contribution >= 0.6 is 11.6 Å². The van der Waals surface area contributed by atoms with Crippen molar-refractivity contribution in [3.8, 4) is 11.8 Å². The van der Waals surface area contributed by atoms with E-state index in [1.165, 1.54) is 0 Å². The fraction of sp³-hybridized carbons (Fsp3) is 0.429. The quantitative estimate of drug-likeness (QED) is 0.847. The Morgan fingerprint density at radius 3 is 2.86 bits per heavy atom. The van der Waals surface area contributed by atoms with Gasteiger partial charge >= 0.3 is 6.18 Å². The van der Waals surface area contributed by atoms with Crippen LogP contribution in [0.5, 0.6) is 0 Å². The van der Waals surface area contributed by atoms with Gasteiger partial charge in [-0.25, -0.2) is 4.98 Å². The summed E-state index contributed by atoms with van der Waals surface area (Å²) in [5.74, 6) is 4.79. The van der Waals surface area contributed by atoms with E-state index in [4.69, 9.17) is 11.6 Å². The molecule has 1 aliphatic heterocycles. The topological polar surface area (TPSA) is 45.2 Å². The molecule has 1 N–H and O–H groups in total. The molecule has 2 heterocycles. The highest BCUT2D eigenvalue weighted by molar-refractivity contribution is 6.33. The van der Waals surface area contributed by atoms with E-state index in [-0.39, 0.29) is 22.8 Å². The molecular weight excluding hydrogens is 319 g/mol. The number of hydrogen-bond donors (Lipinski definition) is 1. The monoisotopic (exact) mass is 331 g/mol. The first kappa shape index (κ1) is 16.4. The summed E-state index contributed by atoms with van der Waals surface area (Å²) in [6.07, 6.45) is -3.07. The summed E-state index contributed by atoms with van der Waals surface area (Å²) in [6.45, 7) is 2.53. The van der Waals surface area contributed by atoms with Crippen molar-refractivity contribution in [1.82, 2.24) is 10.3 Å². The predicted octanol–water partition coefficient (Wildman–Crippen LogP) is 2.47. The van der Waals surface area contributed by atoms with Crippen molar-refractivity contribution in [3.63, 3.8) is 0 Å². The molecule has 4 nitrogen and oxygen atoms in total. The van der Waals surface area contributed by atoms with Crippen molar-refractivity contribution in [3.05, 3.63) is 22.8 Å². The molecule has 1 aliphatic rings. The Bertz CT molecular complexity index is 636. The van der Waals surface area contributed by atoms with Gasteiger partial charge in [-0.2, -0.15) is 13.2 Å². The second-order valence-electron chi connectivity index (χ2n) is 4.81. The SMILES string of the molecule is CC#CC(=O)N[C@H]1CCN(c2ncc(C(F)(F)F)cc2Cl)C1. The first-order chi connectivity index (χ1) is 10.3. The van der Waals surface area contributed by atoms with Crippen LogP contribution in [0.15, 0.2) is 12.3 Å². The largest absolute Gasteiger partial charge is 0.417 e. The van der Waals surface area contributed by atoms with Gasteiger partial charge in [0.05, 0.1) is 10.6 Å². The van der Waals surface area contributed by atoms with Gasteiger partial charge < -0.3 is 10.2 Å². The van der Waals surface area contributed by atoms with Gasteiger partial charge in [0.15, 0.2) is 0 Å². The van der Waals surface area contributed by atoms with Crippen LogP contribution in [0.4, 0.5) is 19.0 Å². The summed E-state index contributed by atoms with van der Waals surface area (Å²) in [7, 11) is 0. The van der Waals surface area contributed by atoms with Crippen LogP contribution in [0.1, 0.15) is 18.9 Å². The van der Waals surface area contributed by atoms with Gasteiger partial charge in [0, 0.05) is 25.3 Å². The standard InChI is InChI=1S/C14H13ClF3N3O/c1-2-3-12(22)20-10-4-5-21(8-10)13-11(15)6-9(7-19-13)14(16,17)18/h6-7,10H,4-5,8H2,1H3,(H,20,22)/t10-/m0/s1. The Morgan fingerprint density at radius 1 is 1.55 bits per heavy atom. The summed E-state index contributed by atoms with van der Waals surface area (Å²) in [4.78, 5) is 16.9. The predicted molar refractivity (Wildman–Crippen MR) is 76.5 cm³/mol. The summed E-state index contributed by atoms with van der Waals surface area (Å²) < 4.78 is 37.7. The molecular formula is C14H13ClF3N3O. The van der Waals surface area contributed by atoms with Gasteiger partial charge in [-0.1, -0.05) is 17.5 Å². The minimum atomic E-state index is -4.48.